The van der Waals surface area contributed by atoms with Crippen molar-refractivity contribution in [1.29, 1.82) is 0 Å². The van der Waals surface area contributed by atoms with E-state index < -0.39 is 0 Å². The fourth-order valence-corrected chi connectivity index (χ4v) is 2.83. The lowest BCUT2D eigenvalue weighted by Gasteiger charge is -1.98. The van der Waals surface area contributed by atoms with Gasteiger partial charge in [-0.15, -0.1) is 0 Å². The van der Waals surface area contributed by atoms with E-state index in [1.165, 1.54) is 0 Å². The van der Waals surface area contributed by atoms with Gasteiger partial charge in [0, 0.05) is 28.0 Å². The molecule has 4 rings (SSSR count). The molecule has 0 saturated carbocycles. The van der Waals surface area contributed by atoms with Gasteiger partial charge < -0.3 is 9.97 Å². The number of carbonyl (C=O) groups excluding carboxylic acids is 1. The molecule has 24 heavy (non-hydrogen) atoms. The van der Waals surface area contributed by atoms with Crippen LogP contribution in [0.4, 0.5) is 0 Å². The summed E-state index contributed by atoms with van der Waals surface area (Å²) in [6, 6.07) is 17.9. The minimum atomic E-state index is -0.146. The molecule has 0 saturated heterocycles. The fourth-order valence-electron chi connectivity index (χ4n) is 2.83. The van der Waals surface area contributed by atoms with E-state index in [1.54, 1.807) is 6.21 Å². The van der Waals surface area contributed by atoms with Gasteiger partial charge in [0.25, 0.3) is 0 Å². The Hall–Kier alpha value is -3.34. The normalized spacial score (nSPS) is 11.5. The first-order valence-corrected chi connectivity index (χ1v) is 7.74. The van der Waals surface area contributed by atoms with E-state index >= 15 is 0 Å². The Morgan fingerprint density at radius 3 is 2.75 bits per heavy atom. The number of aromatic amines is 2. The van der Waals surface area contributed by atoms with Crippen molar-refractivity contribution >= 4 is 33.9 Å². The summed E-state index contributed by atoms with van der Waals surface area (Å²) in [4.78, 5) is 18.5. The molecule has 2 heterocycles. The van der Waals surface area contributed by atoms with E-state index in [-0.39, 0.29) is 12.3 Å². The summed E-state index contributed by atoms with van der Waals surface area (Å²) in [6.45, 7) is 0. The first kappa shape index (κ1) is 14.3. The minimum Gasteiger partial charge on any atom is -0.361 e. The maximum Gasteiger partial charge on any atom is 0.244 e. The first-order valence-electron chi connectivity index (χ1n) is 7.74. The maximum absolute atomic E-state index is 12.1. The Kier molecular flexibility index (Phi) is 3.59. The van der Waals surface area contributed by atoms with Gasteiger partial charge in [0.15, 0.2) is 0 Å². The Morgan fingerprint density at radius 2 is 1.88 bits per heavy atom. The van der Waals surface area contributed by atoms with Crippen LogP contribution >= 0.6 is 0 Å². The van der Waals surface area contributed by atoms with Crippen LogP contribution in [0.3, 0.4) is 0 Å². The average molecular weight is 316 g/mol. The number of rotatable bonds is 4. The molecule has 1 amide bonds. The molecule has 0 unspecified atom stereocenters. The highest BCUT2D eigenvalue weighted by atomic mass is 16.2. The molecule has 5 nitrogen and oxygen atoms in total. The van der Waals surface area contributed by atoms with Gasteiger partial charge in [-0.1, -0.05) is 36.4 Å². The van der Waals surface area contributed by atoms with Gasteiger partial charge in [-0.25, -0.2) is 5.43 Å². The summed E-state index contributed by atoms with van der Waals surface area (Å²) in [5.41, 5.74) is 6.46. The van der Waals surface area contributed by atoms with Crippen LogP contribution in [0.25, 0.3) is 21.8 Å². The van der Waals surface area contributed by atoms with Gasteiger partial charge in [0.1, 0.15) is 0 Å². The summed E-state index contributed by atoms with van der Waals surface area (Å²) in [5, 5.41) is 6.21. The van der Waals surface area contributed by atoms with Gasteiger partial charge in [0.2, 0.25) is 5.91 Å². The zero-order valence-corrected chi connectivity index (χ0v) is 12.9. The molecular formula is C19H16N4O. The van der Waals surface area contributed by atoms with E-state index in [0.29, 0.717) is 0 Å². The maximum atomic E-state index is 12.1. The lowest BCUT2D eigenvalue weighted by molar-refractivity contribution is -0.120. The van der Waals surface area contributed by atoms with Crippen LogP contribution in [0.2, 0.25) is 0 Å². The van der Waals surface area contributed by atoms with Crippen LogP contribution in [0.15, 0.2) is 65.9 Å². The van der Waals surface area contributed by atoms with Crippen LogP contribution < -0.4 is 5.43 Å². The molecule has 0 aliphatic heterocycles. The highest BCUT2D eigenvalue weighted by Crippen LogP contribution is 2.18. The van der Waals surface area contributed by atoms with Crippen LogP contribution in [0, 0.1) is 0 Å². The van der Waals surface area contributed by atoms with Crippen LogP contribution in [0.1, 0.15) is 11.3 Å². The van der Waals surface area contributed by atoms with E-state index in [1.807, 2.05) is 60.8 Å². The van der Waals surface area contributed by atoms with Crippen molar-refractivity contribution in [2.75, 3.05) is 0 Å². The van der Waals surface area contributed by atoms with Crippen LogP contribution in [-0.4, -0.2) is 22.1 Å². The van der Waals surface area contributed by atoms with Crippen molar-refractivity contribution in [2.24, 2.45) is 5.10 Å². The topological polar surface area (TPSA) is 73.0 Å². The van der Waals surface area contributed by atoms with Gasteiger partial charge in [-0.2, -0.15) is 5.10 Å². The number of nitrogens with zero attached hydrogens (tertiary/aromatic N) is 1. The van der Waals surface area contributed by atoms with Gasteiger partial charge >= 0.3 is 0 Å². The molecule has 2 aromatic carbocycles. The lowest BCUT2D eigenvalue weighted by atomic mass is 10.1. The Morgan fingerprint density at radius 1 is 1.08 bits per heavy atom. The number of amides is 1. The van der Waals surface area contributed by atoms with E-state index in [0.717, 1.165) is 33.1 Å². The number of aromatic nitrogens is 2. The summed E-state index contributed by atoms with van der Waals surface area (Å²) in [5.74, 6) is -0.146. The molecule has 0 aliphatic carbocycles. The zero-order chi connectivity index (χ0) is 16.4. The standard InChI is InChI=1S/C19H16N4O/c24-19(10-14-11-20-18-8-4-2-6-16(14)18)23-21-12-15-9-13-5-1-3-7-17(13)22-15/h1-9,11-12,20,22H,10H2,(H,23,24). The average Bonchev–Trinajstić information content (AvgIpc) is 3.19. The molecule has 2 aromatic heterocycles. The second-order valence-electron chi connectivity index (χ2n) is 5.64. The number of carbonyl (C=O) groups is 1. The number of benzene rings is 2. The van der Waals surface area contributed by atoms with Crippen molar-refractivity contribution in [3.63, 3.8) is 0 Å². The van der Waals surface area contributed by atoms with Crippen molar-refractivity contribution in [3.8, 4) is 0 Å². The summed E-state index contributed by atoms with van der Waals surface area (Å²) < 4.78 is 0. The predicted molar refractivity (Wildman–Crippen MR) is 96.0 cm³/mol. The Labute approximate surface area is 138 Å². The van der Waals surface area contributed by atoms with E-state index in [2.05, 4.69) is 20.5 Å². The molecule has 4 aromatic rings. The SMILES string of the molecule is O=C(Cc1c[nH]c2ccccc12)NN=Cc1cc2ccccc2[nH]1. The largest absolute Gasteiger partial charge is 0.361 e. The first-order chi connectivity index (χ1) is 11.8. The zero-order valence-electron chi connectivity index (χ0n) is 12.9. The van der Waals surface area contributed by atoms with Crippen molar-refractivity contribution in [3.05, 3.63) is 72.1 Å². The lowest BCUT2D eigenvalue weighted by Crippen LogP contribution is -2.19. The summed E-state index contributed by atoms with van der Waals surface area (Å²) in [6.07, 6.45) is 3.77. The second kappa shape index (κ2) is 6.04. The van der Waals surface area contributed by atoms with Crippen LogP contribution in [0.5, 0.6) is 0 Å². The molecule has 5 heteroatoms. The molecular weight excluding hydrogens is 300 g/mol. The summed E-state index contributed by atoms with van der Waals surface area (Å²) in [7, 11) is 0. The van der Waals surface area contributed by atoms with Crippen LogP contribution in [-0.2, 0) is 11.2 Å². The summed E-state index contributed by atoms with van der Waals surface area (Å²) >= 11 is 0. The number of hydrogen-bond donors (Lipinski definition) is 3. The number of fused-ring (bicyclic) bond motifs is 2. The van der Waals surface area contributed by atoms with E-state index in [9.17, 15) is 4.79 Å². The predicted octanol–water partition coefficient (Wildman–Crippen LogP) is 3.34. The Bertz CT molecular complexity index is 1010. The van der Waals surface area contributed by atoms with Gasteiger partial charge in [0.05, 0.1) is 18.3 Å². The van der Waals surface area contributed by atoms with E-state index in [4.69, 9.17) is 0 Å². The second-order valence-corrected chi connectivity index (χ2v) is 5.64. The highest BCUT2D eigenvalue weighted by Gasteiger charge is 2.07. The Balaban J connectivity index is 1.42. The smallest absolute Gasteiger partial charge is 0.244 e. The monoisotopic (exact) mass is 316 g/mol. The quantitative estimate of drug-likeness (QED) is 0.392. The van der Waals surface area contributed by atoms with Gasteiger partial charge in [-0.3, -0.25) is 4.79 Å². The molecule has 0 bridgehead atoms. The molecule has 0 fully saturated rings. The number of nitrogens with one attached hydrogen (secondary N) is 3. The molecule has 0 spiro atoms. The molecule has 0 aliphatic rings. The third-order valence-corrected chi connectivity index (χ3v) is 3.97. The number of para-hydroxylation sites is 2. The fraction of sp³-hybridized carbons (Fsp3) is 0.0526. The van der Waals surface area contributed by atoms with Crippen molar-refractivity contribution in [1.82, 2.24) is 15.4 Å². The molecule has 118 valence electrons. The highest BCUT2D eigenvalue weighted by molar-refractivity contribution is 5.91. The number of hydrazone groups is 1. The minimum absolute atomic E-state index is 0.146. The third kappa shape index (κ3) is 2.79. The van der Waals surface area contributed by atoms with Crippen molar-refractivity contribution in [2.45, 2.75) is 6.42 Å². The number of H-pyrrole nitrogens is 2. The molecule has 0 radical (unpaired) electrons. The third-order valence-electron chi connectivity index (χ3n) is 3.97. The molecule has 3 N–H and O–H groups in total. The number of hydrogen-bond acceptors (Lipinski definition) is 2. The van der Waals surface area contributed by atoms with Gasteiger partial charge in [-0.05, 0) is 23.8 Å². The van der Waals surface area contributed by atoms with Crippen molar-refractivity contribution < 1.29 is 4.79 Å². The molecule has 0 atom stereocenters.